The Morgan fingerprint density at radius 1 is 0.839 bits per heavy atom. The van der Waals surface area contributed by atoms with Crippen LogP contribution in [0.4, 0.5) is 21.7 Å². The summed E-state index contributed by atoms with van der Waals surface area (Å²) in [7, 11) is 0. The first-order valence-corrected chi connectivity index (χ1v) is 10.4. The van der Waals surface area contributed by atoms with Crippen LogP contribution in [0.3, 0.4) is 0 Å². The highest BCUT2D eigenvalue weighted by atomic mass is 19.1. The molecule has 2 aromatic carbocycles. The van der Waals surface area contributed by atoms with Gasteiger partial charge in [-0.05, 0) is 29.8 Å². The molecule has 1 fully saturated rings. The van der Waals surface area contributed by atoms with E-state index in [2.05, 4.69) is 37.1 Å². The van der Waals surface area contributed by atoms with Gasteiger partial charge in [0, 0.05) is 43.4 Å². The smallest absolute Gasteiger partial charge is 0.159 e. The van der Waals surface area contributed by atoms with Crippen molar-refractivity contribution in [1.82, 2.24) is 15.2 Å². The number of pyridine rings is 1. The fourth-order valence-electron chi connectivity index (χ4n) is 4.08. The van der Waals surface area contributed by atoms with Gasteiger partial charge in [0.2, 0.25) is 0 Å². The molecule has 156 valence electrons. The highest BCUT2D eigenvalue weighted by molar-refractivity contribution is 5.93. The first-order valence-electron chi connectivity index (χ1n) is 10.4. The van der Waals surface area contributed by atoms with Crippen LogP contribution in [-0.2, 0) is 6.42 Å². The second kappa shape index (κ2) is 8.18. The fraction of sp³-hybridized carbons (Fsp3) is 0.208. The van der Waals surface area contributed by atoms with Gasteiger partial charge < -0.3 is 15.5 Å². The number of aromatic nitrogens is 3. The van der Waals surface area contributed by atoms with Gasteiger partial charge in [-0.3, -0.25) is 0 Å². The number of benzene rings is 2. The Balaban J connectivity index is 1.39. The van der Waals surface area contributed by atoms with Gasteiger partial charge in [0.05, 0.1) is 17.6 Å². The van der Waals surface area contributed by atoms with Gasteiger partial charge >= 0.3 is 0 Å². The molecule has 5 rings (SSSR count). The van der Waals surface area contributed by atoms with E-state index in [1.807, 2.05) is 30.3 Å². The molecule has 1 aliphatic heterocycles. The second-order valence-corrected chi connectivity index (χ2v) is 7.75. The molecule has 0 bridgehead atoms. The largest absolute Gasteiger partial charge is 0.397 e. The molecule has 0 unspecified atom stereocenters. The van der Waals surface area contributed by atoms with E-state index in [1.54, 1.807) is 18.3 Å². The molecule has 0 spiro atoms. The molecule has 4 aromatic rings. The number of anilines is 3. The predicted octanol–water partition coefficient (Wildman–Crippen LogP) is 3.66. The summed E-state index contributed by atoms with van der Waals surface area (Å²) in [6, 6.07) is 18.7. The van der Waals surface area contributed by atoms with E-state index in [1.165, 1.54) is 6.07 Å². The lowest BCUT2D eigenvalue weighted by Gasteiger charge is -2.36. The summed E-state index contributed by atoms with van der Waals surface area (Å²) in [6.07, 6.45) is 2.24. The van der Waals surface area contributed by atoms with Crippen molar-refractivity contribution in [3.63, 3.8) is 0 Å². The maximum atomic E-state index is 13.6. The van der Waals surface area contributed by atoms with Crippen molar-refractivity contribution in [2.75, 3.05) is 41.7 Å². The van der Waals surface area contributed by atoms with Gasteiger partial charge in [-0.25, -0.2) is 9.37 Å². The lowest BCUT2D eigenvalue weighted by molar-refractivity contribution is 0.626. The summed E-state index contributed by atoms with van der Waals surface area (Å²) < 4.78 is 13.6. The zero-order chi connectivity index (χ0) is 21.2. The molecule has 0 atom stereocenters. The molecule has 31 heavy (non-hydrogen) atoms. The number of nitrogens with zero attached hydrogens (tertiary/aromatic N) is 5. The molecule has 1 saturated heterocycles. The Morgan fingerprint density at radius 3 is 2.35 bits per heavy atom. The molecule has 6 nitrogen and oxygen atoms in total. The summed E-state index contributed by atoms with van der Waals surface area (Å²) in [5, 5.41) is 11.3. The van der Waals surface area contributed by atoms with Crippen molar-refractivity contribution in [3.05, 3.63) is 83.9 Å². The summed E-state index contributed by atoms with van der Waals surface area (Å²) in [5.74, 6) is 1.60. The third-order valence-corrected chi connectivity index (χ3v) is 5.68. The van der Waals surface area contributed by atoms with Crippen LogP contribution in [0.25, 0.3) is 10.8 Å². The number of hydrogen-bond donors (Lipinski definition) is 1. The Bertz CT molecular complexity index is 1200. The van der Waals surface area contributed by atoms with Crippen LogP contribution in [0, 0.1) is 5.82 Å². The predicted molar refractivity (Wildman–Crippen MR) is 122 cm³/mol. The Morgan fingerprint density at radius 2 is 1.61 bits per heavy atom. The van der Waals surface area contributed by atoms with Crippen LogP contribution in [0.1, 0.15) is 11.3 Å². The molecular formula is C24H23FN6. The van der Waals surface area contributed by atoms with Crippen LogP contribution < -0.4 is 15.5 Å². The minimum Gasteiger partial charge on any atom is -0.397 e. The molecular weight excluding hydrogens is 391 g/mol. The van der Waals surface area contributed by atoms with Gasteiger partial charge in [0.15, 0.2) is 5.82 Å². The van der Waals surface area contributed by atoms with Crippen molar-refractivity contribution < 1.29 is 4.39 Å². The van der Waals surface area contributed by atoms with E-state index >= 15 is 0 Å². The van der Waals surface area contributed by atoms with Crippen molar-refractivity contribution in [2.45, 2.75) is 6.42 Å². The number of hydrogen-bond acceptors (Lipinski definition) is 6. The number of nitrogens with two attached hydrogens (primary N) is 1. The first-order chi connectivity index (χ1) is 15.2. The number of rotatable bonds is 4. The van der Waals surface area contributed by atoms with Gasteiger partial charge in [0.25, 0.3) is 0 Å². The Hall–Kier alpha value is -3.74. The first kappa shape index (κ1) is 19.2. The summed E-state index contributed by atoms with van der Waals surface area (Å²) in [6.45, 7) is 3.35. The SMILES string of the molecule is Nc1ccc(N2CCN(c3nnc(Cc4cccc(F)c4)c4ccccc34)CC2)nc1. The molecule has 0 saturated carbocycles. The molecule has 2 aromatic heterocycles. The van der Waals surface area contributed by atoms with Gasteiger partial charge in [-0.15, -0.1) is 5.10 Å². The number of fused-ring (bicyclic) bond motifs is 1. The second-order valence-electron chi connectivity index (χ2n) is 7.75. The maximum Gasteiger partial charge on any atom is 0.159 e. The van der Waals surface area contributed by atoms with Crippen molar-refractivity contribution >= 4 is 28.1 Å². The molecule has 3 heterocycles. The van der Waals surface area contributed by atoms with E-state index < -0.39 is 0 Å². The highest BCUT2D eigenvalue weighted by Gasteiger charge is 2.22. The highest BCUT2D eigenvalue weighted by Crippen LogP contribution is 2.28. The van der Waals surface area contributed by atoms with Crippen molar-refractivity contribution in [2.24, 2.45) is 0 Å². The summed E-state index contributed by atoms with van der Waals surface area (Å²) in [4.78, 5) is 8.96. The average molecular weight is 414 g/mol. The monoisotopic (exact) mass is 414 g/mol. The molecule has 0 amide bonds. The Labute approximate surface area is 180 Å². The van der Waals surface area contributed by atoms with Gasteiger partial charge in [-0.2, -0.15) is 5.10 Å². The zero-order valence-corrected chi connectivity index (χ0v) is 17.1. The standard InChI is InChI=1S/C24H23FN6/c25-18-5-3-4-17(14-18)15-22-20-6-1-2-7-21(20)24(29-28-22)31-12-10-30(11-13-31)23-9-8-19(26)16-27-23/h1-9,14,16H,10-13,15,26H2. The normalized spacial score (nSPS) is 14.2. The van der Waals surface area contributed by atoms with E-state index in [9.17, 15) is 4.39 Å². The molecule has 2 N–H and O–H groups in total. The Kier molecular flexibility index (Phi) is 5.08. The lowest BCUT2D eigenvalue weighted by Crippen LogP contribution is -2.47. The third-order valence-electron chi connectivity index (χ3n) is 5.68. The van der Waals surface area contributed by atoms with E-state index in [4.69, 9.17) is 5.73 Å². The quantitative estimate of drug-likeness (QED) is 0.550. The molecule has 0 radical (unpaired) electrons. The number of piperazine rings is 1. The molecule has 7 heteroatoms. The summed E-state index contributed by atoms with van der Waals surface area (Å²) in [5.41, 5.74) is 8.16. The molecule has 1 aliphatic rings. The zero-order valence-electron chi connectivity index (χ0n) is 17.1. The van der Waals surface area contributed by atoms with Crippen LogP contribution in [-0.4, -0.2) is 41.4 Å². The minimum absolute atomic E-state index is 0.236. The number of nitrogen functional groups attached to an aromatic ring is 1. The van der Waals surface area contributed by atoms with Gasteiger partial charge in [0.1, 0.15) is 11.6 Å². The van der Waals surface area contributed by atoms with Crippen molar-refractivity contribution in [1.29, 1.82) is 0 Å². The van der Waals surface area contributed by atoms with Crippen LogP contribution >= 0.6 is 0 Å². The van der Waals surface area contributed by atoms with Crippen LogP contribution in [0.15, 0.2) is 66.9 Å². The maximum absolute atomic E-state index is 13.6. The topological polar surface area (TPSA) is 71.2 Å². The van der Waals surface area contributed by atoms with Crippen LogP contribution in [0.5, 0.6) is 0 Å². The van der Waals surface area contributed by atoms with Crippen LogP contribution in [0.2, 0.25) is 0 Å². The minimum atomic E-state index is -0.236. The van der Waals surface area contributed by atoms with Gasteiger partial charge in [-0.1, -0.05) is 36.4 Å². The summed E-state index contributed by atoms with van der Waals surface area (Å²) >= 11 is 0. The van der Waals surface area contributed by atoms with E-state index in [0.717, 1.165) is 59.8 Å². The average Bonchev–Trinajstić information content (AvgIpc) is 2.80. The van der Waals surface area contributed by atoms with Crippen molar-refractivity contribution in [3.8, 4) is 0 Å². The molecule has 0 aliphatic carbocycles. The van der Waals surface area contributed by atoms with E-state index in [0.29, 0.717) is 12.1 Å². The van der Waals surface area contributed by atoms with E-state index in [-0.39, 0.29) is 5.82 Å². The number of halogens is 1. The lowest BCUT2D eigenvalue weighted by atomic mass is 10.0. The third kappa shape index (κ3) is 3.99. The fourth-order valence-corrected chi connectivity index (χ4v) is 4.08.